The van der Waals surface area contributed by atoms with E-state index >= 15 is 0 Å². The van der Waals surface area contributed by atoms with Gasteiger partial charge >= 0.3 is 0 Å². The Morgan fingerprint density at radius 1 is 1.16 bits per heavy atom. The van der Waals surface area contributed by atoms with E-state index in [1.807, 2.05) is 37.3 Å². The molecule has 0 atom stereocenters. The van der Waals surface area contributed by atoms with E-state index < -0.39 is 0 Å². The third-order valence-corrected chi connectivity index (χ3v) is 3.81. The van der Waals surface area contributed by atoms with E-state index in [4.69, 9.17) is 21.7 Å². The molecule has 0 saturated carbocycles. The molecule has 0 spiro atoms. The fourth-order valence-corrected chi connectivity index (χ4v) is 2.19. The lowest BCUT2D eigenvalue weighted by Crippen LogP contribution is -2.28. The van der Waals surface area contributed by atoms with Crippen LogP contribution >= 0.6 is 12.2 Å². The molecule has 2 aromatic carbocycles. The van der Waals surface area contributed by atoms with Crippen LogP contribution in [0.3, 0.4) is 0 Å². The summed E-state index contributed by atoms with van der Waals surface area (Å²) in [5, 5.41) is 7.32. The van der Waals surface area contributed by atoms with Crippen molar-refractivity contribution in [1.29, 1.82) is 0 Å². The fraction of sp³-hybridized carbons (Fsp3) is 0.263. The van der Waals surface area contributed by atoms with Gasteiger partial charge in [-0.1, -0.05) is 24.3 Å². The zero-order valence-electron chi connectivity index (χ0n) is 14.7. The average Bonchev–Trinajstić information content (AvgIpc) is 2.62. The fourth-order valence-electron chi connectivity index (χ4n) is 2.14. The van der Waals surface area contributed by atoms with Crippen LogP contribution < -0.4 is 20.2 Å². The Morgan fingerprint density at radius 3 is 2.68 bits per heavy atom. The lowest BCUT2D eigenvalue weighted by atomic mass is 10.1. The molecule has 0 aromatic heterocycles. The summed E-state index contributed by atoms with van der Waals surface area (Å²) in [6.45, 7) is 5.07. The van der Waals surface area contributed by atoms with Gasteiger partial charge < -0.3 is 14.8 Å². The van der Waals surface area contributed by atoms with Crippen LogP contribution in [-0.2, 0) is 6.61 Å². The van der Waals surface area contributed by atoms with Gasteiger partial charge in [0, 0.05) is 7.05 Å². The summed E-state index contributed by atoms with van der Waals surface area (Å²) in [5.74, 6) is 1.40. The molecule has 6 heteroatoms. The van der Waals surface area contributed by atoms with Gasteiger partial charge in [0.05, 0.1) is 12.8 Å². The van der Waals surface area contributed by atoms with E-state index in [0.29, 0.717) is 29.8 Å². The Hall–Kier alpha value is -2.60. The van der Waals surface area contributed by atoms with Crippen molar-refractivity contribution < 1.29 is 9.47 Å². The summed E-state index contributed by atoms with van der Waals surface area (Å²) < 4.78 is 11.7. The number of ether oxygens (including phenoxy) is 2. The first kappa shape index (κ1) is 18.7. The zero-order valence-corrected chi connectivity index (χ0v) is 15.5. The van der Waals surface area contributed by atoms with E-state index in [1.54, 1.807) is 13.3 Å². The van der Waals surface area contributed by atoms with Crippen molar-refractivity contribution in [3.8, 4) is 11.5 Å². The quantitative estimate of drug-likeness (QED) is 0.452. The molecule has 0 bridgehead atoms. The summed E-state index contributed by atoms with van der Waals surface area (Å²) in [5.41, 5.74) is 5.96. The number of aryl methyl sites for hydroxylation is 1. The Morgan fingerprint density at radius 2 is 1.96 bits per heavy atom. The highest BCUT2D eigenvalue weighted by atomic mass is 32.1. The Bertz CT molecular complexity index is 747. The minimum Gasteiger partial charge on any atom is -0.490 e. The molecule has 2 aromatic rings. The third kappa shape index (κ3) is 5.76. The first-order valence-electron chi connectivity index (χ1n) is 8.09. The lowest BCUT2D eigenvalue weighted by molar-refractivity contribution is 0.269. The molecule has 0 radical (unpaired) electrons. The molecular formula is C19H23N3O2S. The second-order valence-corrected chi connectivity index (χ2v) is 5.71. The first-order valence-corrected chi connectivity index (χ1v) is 8.49. The van der Waals surface area contributed by atoms with Gasteiger partial charge in [0.25, 0.3) is 0 Å². The molecule has 0 aliphatic carbocycles. The number of nitrogens with one attached hydrogen (secondary N) is 2. The van der Waals surface area contributed by atoms with Crippen molar-refractivity contribution in [1.82, 2.24) is 10.7 Å². The highest BCUT2D eigenvalue weighted by Gasteiger charge is 2.07. The predicted molar refractivity (Wildman–Crippen MR) is 106 cm³/mol. The number of nitrogens with zero attached hydrogens (tertiary/aromatic N) is 1. The monoisotopic (exact) mass is 357 g/mol. The van der Waals surface area contributed by atoms with Crippen LogP contribution in [0.4, 0.5) is 0 Å². The van der Waals surface area contributed by atoms with Crippen LogP contribution in [0.2, 0.25) is 0 Å². The molecule has 0 amide bonds. The van der Waals surface area contributed by atoms with Crippen LogP contribution in [0.15, 0.2) is 47.6 Å². The van der Waals surface area contributed by atoms with Crippen molar-refractivity contribution in [3.05, 3.63) is 59.2 Å². The molecule has 132 valence electrons. The molecule has 2 N–H and O–H groups in total. The SMILES string of the molecule is CCOc1cc(C=NNC(=S)NC)ccc1OCc1ccccc1C. The molecule has 2 rings (SSSR count). The van der Waals surface area contributed by atoms with Gasteiger partial charge in [0.1, 0.15) is 6.61 Å². The van der Waals surface area contributed by atoms with Gasteiger partial charge in [0.2, 0.25) is 0 Å². The zero-order chi connectivity index (χ0) is 18.1. The molecule has 0 aliphatic rings. The summed E-state index contributed by atoms with van der Waals surface area (Å²) in [6.07, 6.45) is 1.68. The Balaban J connectivity index is 2.10. The van der Waals surface area contributed by atoms with E-state index in [1.165, 1.54) is 5.56 Å². The van der Waals surface area contributed by atoms with Crippen molar-refractivity contribution in [3.63, 3.8) is 0 Å². The molecule has 0 aliphatic heterocycles. The second kappa shape index (κ2) is 9.64. The third-order valence-electron chi connectivity index (χ3n) is 3.52. The summed E-state index contributed by atoms with van der Waals surface area (Å²) in [7, 11) is 1.73. The largest absolute Gasteiger partial charge is 0.490 e. The maximum Gasteiger partial charge on any atom is 0.186 e. The van der Waals surface area contributed by atoms with Gasteiger partial charge in [0.15, 0.2) is 16.6 Å². The number of thiocarbonyl (C=S) groups is 1. The average molecular weight is 357 g/mol. The highest BCUT2D eigenvalue weighted by molar-refractivity contribution is 7.80. The first-order chi connectivity index (χ1) is 12.1. The molecule has 0 unspecified atom stereocenters. The maximum atomic E-state index is 5.96. The van der Waals surface area contributed by atoms with Gasteiger partial charge in [-0.2, -0.15) is 5.10 Å². The summed E-state index contributed by atoms with van der Waals surface area (Å²) >= 11 is 4.97. The van der Waals surface area contributed by atoms with Gasteiger partial charge in [-0.15, -0.1) is 0 Å². The predicted octanol–water partition coefficient (Wildman–Crippen LogP) is 3.40. The minimum atomic E-state index is 0.458. The van der Waals surface area contributed by atoms with Crippen LogP contribution in [0.5, 0.6) is 11.5 Å². The van der Waals surface area contributed by atoms with Gasteiger partial charge in [-0.3, -0.25) is 5.43 Å². The molecule has 5 nitrogen and oxygen atoms in total. The number of rotatable bonds is 7. The van der Waals surface area contributed by atoms with Crippen LogP contribution in [0, 0.1) is 6.92 Å². The summed E-state index contributed by atoms with van der Waals surface area (Å²) in [6, 6.07) is 13.9. The molecule has 0 saturated heterocycles. The highest BCUT2D eigenvalue weighted by Crippen LogP contribution is 2.29. The molecule has 0 fully saturated rings. The topological polar surface area (TPSA) is 54.9 Å². The number of benzene rings is 2. The Labute approximate surface area is 154 Å². The molecular weight excluding hydrogens is 334 g/mol. The minimum absolute atomic E-state index is 0.458. The van der Waals surface area contributed by atoms with E-state index in [9.17, 15) is 0 Å². The van der Waals surface area contributed by atoms with Crippen LogP contribution in [0.25, 0.3) is 0 Å². The van der Waals surface area contributed by atoms with Crippen LogP contribution in [0.1, 0.15) is 23.6 Å². The lowest BCUT2D eigenvalue weighted by Gasteiger charge is -2.13. The second-order valence-electron chi connectivity index (χ2n) is 5.30. The standard InChI is InChI=1S/C19H23N3O2S/c1-4-23-18-11-15(12-21-22-19(25)20-3)9-10-17(18)24-13-16-8-6-5-7-14(16)2/h5-12H,4,13H2,1-3H3,(H2,20,22,25). The molecule has 0 heterocycles. The van der Waals surface area contributed by atoms with Crippen molar-refractivity contribution in [2.24, 2.45) is 5.10 Å². The number of hydrazone groups is 1. The van der Waals surface area contributed by atoms with E-state index in [2.05, 4.69) is 34.9 Å². The van der Waals surface area contributed by atoms with Crippen molar-refractivity contribution in [2.75, 3.05) is 13.7 Å². The number of hydrogen-bond acceptors (Lipinski definition) is 4. The molecule has 25 heavy (non-hydrogen) atoms. The van der Waals surface area contributed by atoms with E-state index in [-0.39, 0.29) is 0 Å². The maximum absolute atomic E-state index is 5.96. The number of hydrogen-bond donors (Lipinski definition) is 2. The Kier molecular flexibility index (Phi) is 7.22. The van der Waals surface area contributed by atoms with Crippen molar-refractivity contribution >= 4 is 23.5 Å². The van der Waals surface area contributed by atoms with Crippen molar-refractivity contribution in [2.45, 2.75) is 20.5 Å². The van der Waals surface area contributed by atoms with E-state index in [0.717, 1.165) is 11.1 Å². The van der Waals surface area contributed by atoms with Gasteiger partial charge in [-0.25, -0.2) is 0 Å². The van der Waals surface area contributed by atoms with Crippen LogP contribution in [-0.4, -0.2) is 25.0 Å². The summed E-state index contributed by atoms with van der Waals surface area (Å²) in [4.78, 5) is 0. The normalized spacial score (nSPS) is 10.5. The van der Waals surface area contributed by atoms with Gasteiger partial charge in [-0.05, 0) is 61.0 Å². The smallest absolute Gasteiger partial charge is 0.186 e.